The molecule has 0 aliphatic rings. The molecule has 0 bridgehead atoms. The lowest BCUT2D eigenvalue weighted by atomic mass is 10.1. The predicted molar refractivity (Wildman–Crippen MR) is 110 cm³/mol. The highest BCUT2D eigenvalue weighted by Gasteiger charge is 2.11. The molecule has 0 saturated carbocycles. The first-order valence-electron chi connectivity index (χ1n) is 9.33. The van der Waals surface area contributed by atoms with E-state index in [-0.39, 0.29) is 6.03 Å². The summed E-state index contributed by atoms with van der Waals surface area (Å²) in [7, 11) is 1.79. The summed E-state index contributed by atoms with van der Waals surface area (Å²) in [6, 6.07) is 18.0. The minimum Gasteiger partial charge on any atom is -0.361 e. The molecular formula is C22H23N5O. The van der Waals surface area contributed by atoms with Crippen molar-refractivity contribution in [3.63, 3.8) is 0 Å². The molecule has 0 atom stereocenters. The fourth-order valence-corrected chi connectivity index (χ4v) is 3.29. The Balaban J connectivity index is 1.30. The molecule has 0 saturated heterocycles. The Morgan fingerprint density at radius 1 is 1.14 bits per heavy atom. The van der Waals surface area contributed by atoms with Crippen LogP contribution in [0.3, 0.4) is 0 Å². The Kier molecular flexibility index (Phi) is 5.10. The number of urea groups is 1. The zero-order valence-corrected chi connectivity index (χ0v) is 15.8. The van der Waals surface area contributed by atoms with Crippen LogP contribution >= 0.6 is 0 Å². The third kappa shape index (κ3) is 3.91. The largest absolute Gasteiger partial charge is 0.361 e. The van der Waals surface area contributed by atoms with Gasteiger partial charge in [0.05, 0.1) is 18.4 Å². The second-order valence-corrected chi connectivity index (χ2v) is 6.83. The molecule has 0 spiro atoms. The van der Waals surface area contributed by atoms with Crippen LogP contribution in [0.25, 0.3) is 16.6 Å². The molecule has 0 unspecified atom stereocenters. The van der Waals surface area contributed by atoms with Gasteiger partial charge in [0.2, 0.25) is 0 Å². The first-order chi connectivity index (χ1) is 13.7. The van der Waals surface area contributed by atoms with Crippen molar-refractivity contribution in [2.75, 3.05) is 13.6 Å². The number of H-pyrrole nitrogens is 1. The number of rotatable bonds is 6. The number of amides is 2. The van der Waals surface area contributed by atoms with E-state index < -0.39 is 0 Å². The second-order valence-electron chi connectivity index (χ2n) is 6.83. The van der Waals surface area contributed by atoms with E-state index in [9.17, 15) is 4.79 Å². The van der Waals surface area contributed by atoms with Gasteiger partial charge < -0.3 is 15.2 Å². The Morgan fingerprint density at radius 2 is 1.93 bits per heavy atom. The number of benzene rings is 2. The van der Waals surface area contributed by atoms with Gasteiger partial charge >= 0.3 is 6.03 Å². The summed E-state index contributed by atoms with van der Waals surface area (Å²) >= 11 is 0. The number of aromatic nitrogens is 3. The minimum absolute atomic E-state index is 0.0905. The molecule has 6 nitrogen and oxygen atoms in total. The van der Waals surface area contributed by atoms with Gasteiger partial charge in [-0.25, -0.2) is 9.48 Å². The summed E-state index contributed by atoms with van der Waals surface area (Å²) in [5.41, 5.74) is 4.32. The fourth-order valence-electron chi connectivity index (χ4n) is 3.29. The Hall–Kier alpha value is -3.54. The summed E-state index contributed by atoms with van der Waals surface area (Å²) in [5.74, 6) is 0. The fraction of sp³-hybridized carbons (Fsp3) is 0.182. The van der Waals surface area contributed by atoms with Crippen LogP contribution in [0.4, 0.5) is 4.79 Å². The number of hydrogen-bond acceptors (Lipinski definition) is 2. The molecule has 0 aliphatic heterocycles. The zero-order chi connectivity index (χ0) is 19.3. The lowest BCUT2D eigenvalue weighted by Gasteiger charge is -2.17. The third-order valence-electron chi connectivity index (χ3n) is 4.77. The number of nitrogens with zero attached hydrogens (tertiary/aromatic N) is 3. The average Bonchev–Trinajstić information content (AvgIpc) is 3.36. The topological polar surface area (TPSA) is 66.0 Å². The van der Waals surface area contributed by atoms with Crippen LogP contribution in [0.15, 0.2) is 73.2 Å². The molecule has 2 heterocycles. The SMILES string of the molecule is CN(Cc1cnn(-c2ccccc2)c1)C(=O)NCCc1c[nH]c2ccccc12. The van der Waals surface area contributed by atoms with Gasteiger partial charge in [-0.15, -0.1) is 0 Å². The molecule has 28 heavy (non-hydrogen) atoms. The van der Waals surface area contributed by atoms with Crippen LogP contribution in [0.1, 0.15) is 11.1 Å². The molecule has 2 aromatic carbocycles. The zero-order valence-electron chi connectivity index (χ0n) is 15.8. The molecule has 2 amide bonds. The number of para-hydroxylation sites is 2. The number of carbonyl (C=O) groups is 1. The monoisotopic (exact) mass is 373 g/mol. The number of fused-ring (bicyclic) bond motifs is 1. The van der Waals surface area contributed by atoms with Gasteiger partial charge in [-0.05, 0) is 30.2 Å². The summed E-state index contributed by atoms with van der Waals surface area (Å²) in [4.78, 5) is 17.3. The maximum atomic E-state index is 12.4. The summed E-state index contributed by atoms with van der Waals surface area (Å²) in [6.07, 6.45) is 6.54. The Labute approximate surface area is 163 Å². The van der Waals surface area contributed by atoms with Crippen LogP contribution in [0, 0.1) is 0 Å². The van der Waals surface area contributed by atoms with Gasteiger partial charge in [0.1, 0.15) is 0 Å². The highest BCUT2D eigenvalue weighted by molar-refractivity contribution is 5.83. The Morgan fingerprint density at radius 3 is 2.79 bits per heavy atom. The quantitative estimate of drug-likeness (QED) is 0.541. The van der Waals surface area contributed by atoms with Gasteiger partial charge in [-0.1, -0.05) is 36.4 Å². The van der Waals surface area contributed by atoms with Crippen molar-refractivity contribution in [3.05, 3.63) is 84.3 Å². The third-order valence-corrected chi connectivity index (χ3v) is 4.77. The van der Waals surface area contributed by atoms with E-state index in [1.165, 1.54) is 10.9 Å². The molecule has 4 aromatic rings. The van der Waals surface area contributed by atoms with Gasteiger partial charge in [0.25, 0.3) is 0 Å². The predicted octanol–water partition coefficient (Wildman–Crippen LogP) is 3.74. The van der Waals surface area contributed by atoms with Crippen molar-refractivity contribution in [1.29, 1.82) is 0 Å². The Bertz CT molecular complexity index is 1070. The molecule has 142 valence electrons. The van der Waals surface area contributed by atoms with Crippen molar-refractivity contribution in [3.8, 4) is 5.69 Å². The minimum atomic E-state index is -0.0905. The molecule has 6 heteroatoms. The van der Waals surface area contributed by atoms with Crippen LogP contribution in [0.2, 0.25) is 0 Å². The highest BCUT2D eigenvalue weighted by atomic mass is 16.2. The molecule has 2 aromatic heterocycles. The van der Waals surface area contributed by atoms with Gasteiger partial charge in [0.15, 0.2) is 0 Å². The van der Waals surface area contributed by atoms with E-state index in [4.69, 9.17) is 0 Å². The molecule has 0 aliphatic carbocycles. The van der Waals surface area contributed by atoms with Gasteiger partial charge in [-0.2, -0.15) is 5.10 Å². The summed E-state index contributed by atoms with van der Waals surface area (Å²) in [6.45, 7) is 1.10. The normalized spacial score (nSPS) is 10.9. The van der Waals surface area contributed by atoms with E-state index in [1.807, 2.05) is 59.5 Å². The molecule has 0 fully saturated rings. The number of aromatic amines is 1. The van der Waals surface area contributed by atoms with Crippen molar-refractivity contribution in [1.82, 2.24) is 25.0 Å². The van der Waals surface area contributed by atoms with Crippen LogP contribution in [-0.4, -0.2) is 39.3 Å². The van der Waals surface area contributed by atoms with Crippen molar-refractivity contribution in [2.45, 2.75) is 13.0 Å². The first-order valence-corrected chi connectivity index (χ1v) is 9.33. The van der Waals surface area contributed by atoms with Crippen molar-refractivity contribution >= 4 is 16.9 Å². The molecule has 4 rings (SSSR count). The van der Waals surface area contributed by atoms with E-state index in [0.717, 1.165) is 23.2 Å². The number of hydrogen-bond donors (Lipinski definition) is 2. The maximum absolute atomic E-state index is 12.4. The lowest BCUT2D eigenvalue weighted by molar-refractivity contribution is 0.207. The summed E-state index contributed by atoms with van der Waals surface area (Å²) in [5, 5.41) is 8.58. The number of nitrogens with one attached hydrogen (secondary N) is 2. The average molecular weight is 373 g/mol. The van der Waals surface area contributed by atoms with Crippen molar-refractivity contribution < 1.29 is 4.79 Å². The van der Waals surface area contributed by atoms with Crippen LogP contribution in [-0.2, 0) is 13.0 Å². The second kappa shape index (κ2) is 8.00. The van der Waals surface area contributed by atoms with Crippen LogP contribution < -0.4 is 5.32 Å². The smallest absolute Gasteiger partial charge is 0.317 e. The van der Waals surface area contributed by atoms with Gasteiger partial charge in [0, 0.05) is 42.5 Å². The van der Waals surface area contributed by atoms with E-state index >= 15 is 0 Å². The molecule has 0 radical (unpaired) electrons. The van der Waals surface area contributed by atoms with E-state index in [1.54, 1.807) is 18.1 Å². The van der Waals surface area contributed by atoms with Gasteiger partial charge in [-0.3, -0.25) is 0 Å². The highest BCUT2D eigenvalue weighted by Crippen LogP contribution is 2.17. The number of carbonyl (C=O) groups excluding carboxylic acids is 1. The van der Waals surface area contributed by atoms with Crippen LogP contribution in [0.5, 0.6) is 0 Å². The maximum Gasteiger partial charge on any atom is 0.317 e. The lowest BCUT2D eigenvalue weighted by Crippen LogP contribution is -2.37. The molecular weight excluding hydrogens is 350 g/mol. The molecule has 2 N–H and O–H groups in total. The summed E-state index contributed by atoms with van der Waals surface area (Å²) < 4.78 is 1.82. The van der Waals surface area contributed by atoms with E-state index in [0.29, 0.717) is 13.1 Å². The van der Waals surface area contributed by atoms with Crippen molar-refractivity contribution in [2.24, 2.45) is 0 Å². The standard InChI is InChI=1S/C22H23N5O/c1-26(15-17-13-25-27(16-17)19-7-3-2-4-8-19)22(28)23-12-11-18-14-24-21-10-6-5-9-20(18)21/h2-10,13-14,16,24H,11-12,15H2,1H3,(H,23,28). The van der Waals surface area contributed by atoms with E-state index in [2.05, 4.69) is 27.5 Å². The first kappa shape index (κ1) is 17.9.